The number of hydrogen-bond donors (Lipinski definition) is 0. The molecule has 0 bridgehead atoms. The Kier molecular flexibility index (Phi) is 7.44. The van der Waals surface area contributed by atoms with E-state index in [1.165, 1.54) is 19.2 Å². The zero-order valence-corrected chi connectivity index (χ0v) is 21.5. The second-order valence-electron chi connectivity index (χ2n) is 9.09. The summed E-state index contributed by atoms with van der Waals surface area (Å²) in [5, 5.41) is 0. The summed E-state index contributed by atoms with van der Waals surface area (Å²) in [5.41, 5.74) is 6.59. The minimum atomic E-state index is -4.38. The number of benzene rings is 3. The number of esters is 1. The monoisotopic (exact) mass is 509 g/mol. The fourth-order valence-electron chi connectivity index (χ4n) is 5.22. The number of fused-ring (bicyclic) bond motifs is 1. The van der Waals surface area contributed by atoms with Crippen LogP contribution in [0.5, 0.6) is 0 Å². The van der Waals surface area contributed by atoms with Crippen LogP contribution < -0.4 is 4.90 Å². The quantitative estimate of drug-likeness (QED) is 0.324. The van der Waals surface area contributed by atoms with Gasteiger partial charge < -0.3 is 4.74 Å². The molecule has 0 aromatic heterocycles. The molecule has 0 unspecified atom stereocenters. The van der Waals surface area contributed by atoms with Gasteiger partial charge in [0, 0.05) is 6.42 Å². The standard InChI is InChI=1S/C30H30F3NO3/c1-5-18-17-25(29(36)37-4)23(6-2)24(7-3)28(18)34-26-14-10-20(16-21(26)11-15-27(34)35)19-8-12-22(13-9-19)30(31,32)33/h8-10,12-14,16-17H,5-7,11,15H2,1-4H3. The van der Waals surface area contributed by atoms with E-state index in [0.29, 0.717) is 43.2 Å². The zero-order valence-electron chi connectivity index (χ0n) is 21.5. The van der Waals surface area contributed by atoms with Crippen molar-refractivity contribution in [3.63, 3.8) is 0 Å². The van der Waals surface area contributed by atoms with Crippen LogP contribution in [0.2, 0.25) is 0 Å². The van der Waals surface area contributed by atoms with Crippen LogP contribution in [0.3, 0.4) is 0 Å². The predicted octanol–water partition coefficient (Wildman–Crippen LogP) is 7.46. The molecule has 1 aliphatic heterocycles. The van der Waals surface area contributed by atoms with Gasteiger partial charge in [0.15, 0.2) is 0 Å². The van der Waals surface area contributed by atoms with Crippen molar-refractivity contribution in [3.05, 3.63) is 81.9 Å². The molecule has 0 aliphatic carbocycles. The highest BCUT2D eigenvalue weighted by Gasteiger charge is 2.32. The Hall–Kier alpha value is -3.61. The van der Waals surface area contributed by atoms with Gasteiger partial charge in [0.05, 0.1) is 29.6 Å². The zero-order chi connectivity index (χ0) is 26.9. The maximum absolute atomic E-state index is 13.4. The van der Waals surface area contributed by atoms with Crippen LogP contribution >= 0.6 is 0 Å². The molecule has 0 spiro atoms. The van der Waals surface area contributed by atoms with Gasteiger partial charge in [-0.1, -0.05) is 39.0 Å². The van der Waals surface area contributed by atoms with Crippen LogP contribution in [0.4, 0.5) is 24.5 Å². The molecule has 1 aliphatic rings. The molecule has 0 atom stereocenters. The van der Waals surface area contributed by atoms with Crippen molar-refractivity contribution < 1.29 is 27.5 Å². The molecule has 194 valence electrons. The van der Waals surface area contributed by atoms with Crippen molar-refractivity contribution in [2.75, 3.05) is 12.0 Å². The molecule has 3 aromatic carbocycles. The fraction of sp³-hybridized carbons (Fsp3) is 0.333. The predicted molar refractivity (Wildman–Crippen MR) is 138 cm³/mol. The van der Waals surface area contributed by atoms with Crippen LogP contribution in [-0.2, 0) is 41.4 Å². The van der Waals surface area contributed by atoms with Gasteiger partial charge in [0.2, 0.25) is 5.91 Å². The van der Waals surface area contributed by atoms with Crippen molar-refractivity contribution in [1.29, 1.82) is 0 Å². The first-order valence-corrected chi connectivity index (χ1v) is 12.5. The fourth-order valence-corrected chi connectivity index (χ4v) is 5.22. The Morgan fingerprint density at radius 1 is 0.892 bits per heavy atom. The number of nitrogens with zero attached hydrogens (tertiary/aromatic N) is 1. The van der Waals surface area contributed by atoms with Gasteiger partial charge in [-0.2, -0.15) is 13.2 Å². The summed E-state index contributed by atoms with van der Waals surface area (Å²) in [4.78, 5) is 27.7. The Bertz CT molecular complexity index is 1340. The molecule has 0 saturated carbocycles. The number of alkyl halides is 3. The maximum Gasteiger partial charge on any atom is 0.416 e. The molecule has 1 amide bonds. The summed E-state index contributed by atoms with van der Waals surface area (Å²) >= 11 is 0. The molecule has 37 heavy (non-hydrogen) atoms. The number of anilines is 2. The van der Waals surface area contributed by atoms with Crippen LogP contribution in [0.25, 0.3) is 11.1 Å². The van der Waals surface area contributed by atoms with E-state index < -0.39 is 11.7 Å². The Balaban J connectivity index is 1.85. The summed E-state index contributed by atoms with van der Waals surface area (Å²) < 4.78 is 44.0. The molecular weight excluding hydrogens is 479 g/mol. The lowest BCUT2D eigenvalue weighted by Crippen LogP contribution is -2.33. The number of hydrogen-bond acceptors (Lipinski definition) is 3. The van der Waals surface area contributed by atoms with Gasteiger partial charge in [-0.05, 0) is 89.4 Å². The number of aryl methyl sites for hydroxylation is 2. The van der Waals surface area contributed by atoms with Gasteiger partial charge in [-0.3, -0.25) is 9.69 Å². The average Bonchev–Trinajstić information content (AvgIpc) is 2.90. The normalized spacial score (nSPS) is 13.5. The minimum absolute atomic E-state index is 0.0212. The summed E-state index contributed by atoms with van der Waals surface area (Å²) in [7, 11) is 1.37. The van der Waals surface area contributed by atoms with Crippen LogP contribution in [0, 0.1) is 0 Å². The first kappa shape index (κ1) is 26.5. The summed E-state index contributed by atoms with van der Waals surface area (Å²) in [6.45, 7) is 5.99. The average molecular weight is 510 g/mol. The SMILES string of the molecule is CCc1cc(C(=O)OC)c(CC)c(CC)c1N1C(=O)CCc2cc(-c3ccc(C(F)(F)F)cc3)ccc21. The van der Waals surface area contributed by atoms with E-state index in [2.05, 4.69) is 0 Å². The van der Waals surface area contributed by atoms with Crippen molar-refractivity contribution >= 4 is 23.3 Å². The second-order valence-corrected chi connectivity index (χ2v) is 9.09. The number of rotatable bonds is 6. The van der Waals surface area contributed by atoms with Crippen molar-refractivity contribution in [3.8, 4) is 11.1 Å². The minimum Gasteiger partial charge on any atom is -0.465 e. The number of amides is 1. The number of halogens is 3. The maximum atomic E-state index is 13.4. The van der Waals surface area contributed by atoms with E-state index in [0.717, 1.165) is 51.3 Å². The van der Waals surface area contributed by atoms with Gasteiger partial charge >= 0.3 is 12.1 Å². The molecule has 4 nitrogen and oxygen atoms in total. The van der Waals surface area contributed by atoms with Gasteiger partial charge in [-0.15, -0.1) is 0 Å². The van der Waals surface area contributed by atoms with E-state index in [9.17, 15) is 22.8 Å². The summed E-state index contributed by atoms with van der Waals surface area (Å²) in [6, 6.07) is 12.6. The van der Waals surface area contributed by atoms with E-state index in [-0.39, 0.29) is 11.9 Å². The molecule has 4 rings (SSSR count). The Labute approximate surface area is 215 Å². The lowest BCUT2D eigenvalue weighted by atomic mass is 9.88. The highest BCUT2D eigenvalue weighted by atomic mass is 19.4. The smallest absolute Gasteiger partial charge is 0.416 e. The molecule has 1 heterocycles. The number of carbonyl (C=O) groups is 2. The Morgan fingerprint density at radius 3 is 2.11 bits per heavy atom. The lowest BCUT2D eigenvalue weighted by Gasteiger charge is -2.34. The number of methoxy groups -OCH3 is 1. The molecule has 3 aromatic rings. The summed E-state index contributed by atoms with van der Waals surface area (Å²) in [6.07, 6.45) is -1.65. The van der Waals surface area contributed by atoms with Crippen molar-refractivity contribution in [2.24, 2.45) is 0 Å². The van der Waals surface area contributed by atoms with Crippen LogP contribution in [-0.4, -0.2) is 19.0 Å². The van der Waals surface area contributed by atoms with Crippen LogP contribution in [0.15, 0.2) is 48.5 Å². The summed E-state index contributed by atoms with van der Waals surface area (Å²) in [5.74, 6) is -0.411. The molecule has 0 saturated heterocycles. The van der Waals surface area contributed by atoms with E-state index in [1.807, 2.05) is 45.0 Å². The van der Waals surface area contributed by atoms with Gasteiger partial charge in [0.1, 0.15) is 0 Å². The molecule has 0 fully saturated rings. The van der Waals surface area contributed by atoms with Crippen molar-refractivity contribution in [2.45, 2.75) is 59.1 Å². The molecular formula is C30H30F3NO3. The lowest BCUT2D eigenvalue weighted by molar-refractivity contribution is -0.137. The third kappa shape index (κ3) is 4.87. The highest BCUT2D eigenvalue weighted by molar-refractivity contribution is 6.06. The van der Waals surface area contributed by atoms with Crippen molar-refractivity contribution in [1.82, 2.24) is 0 Å². The van der Waals surface area contributed by atoms with Gasteiger partial charge in [-0.25, -0.2) is 4.79 Å². The van der Waals surface area contributed by atoms with E-state index in [1.54, 1.807) is 4.90 Å². The second kappa shape index (κ2) is 10.4. The molecule has 0 radical (unpaired) electrons. The topological polar surface area (TPSA) is 46.6 Å². The molecule has 0 N–H and O–H groups in total. The Morgan fingerprint density at radius 2 is 1.54 bits per heavy atom. The molecule has 7 heteroatoms. The number of carbonyl (C=O) groups excluding carboxylic acids is 2. The third-order valence-corrected chi connectivity index (χ3v) is 7.04. The third-order valence-electron chi connectivity index (χ3n) is 7.04. The highest BCUT2D eigenvalue weighted by Crippen LogP contribution is 2.42. The largest absolute Gasteiger partial charge is 0.465 e. The first-order chi connectivity index (χ1) is 17.6. The van der Waals surface area contributed by atoms with Gasteiger partial charge in [0.25, 0.3) is 0 Å². The van der Waals surface area contributed by atoms with E-state index in [4.69, 9.17) is 4.74 Å². The van der Waals surface area contributed by atoms with E-state index >= 15 is 0 Å². The van der Waals surface area contributed by atoms with Crippen LogP contribution in [0.1, 0.15) is 65.4 Å². The number of ether oxygens (including phenoxy) is 1. The first-order valence-electron chi connectivity index (χ1n) is 12.5.